The fourth-order valence-electron chi connectivity index (χ4n) is 1.74. The van der Waals surface area contributed by atoms with Crippen LogP contribution >= 0.6 is 11.6 Å². The molecule has 2 aromatic rings. The summed E-state index contributed by atoms with van der Waals surface area (Å²) in [6.45, 7) is 1.11. The molecule has 0 fully saturated rings. The molecule has 0 radical (unpaired) electrons. The molecule has 0 saturated heterocycles. The zero-order valence-corrected chi connectivity index (χ0v) is 11.2. The smallest absolute Gasteiger partial charge is 0.127 e. The third-order valence-electron chi connectivity index (χ3n) is 2.78. The van der Waals surface area contributed by atoms with Crippen LogP contribution in [0.25, 0.3) is 0 Å². The average molecular weight is 280 g/mol. The molecule has 0 amide bonds. The van der Waals surface area contributed by atoms with E-state index in [4.69, 9.17) is 22.1 Å². The predicted octanol–water partition coefficient (Wildman–Crippen LogP) is 3.65. The Balaban J connectivity index is 1.90. The summed E-state index contributed by atoms with van der Waals surface area (Å²) in [5, 5.41) is 0.704. The molecule has 2 N–H and O–H groups in total. The quantitative estimate of drug-likeness (QED) is 0.907. The van der Waals surface area contributed by atoms with Gasteiger partial charge in [-0.2, -0.15) is 0 Å². The van der Waals surface area contributed by atoms with Crippen LogP contribution in [-0.2, 0) is 24.5 Å². The highest BCUT2D eigenvalue weighted by molar-refractivity contribution is 6.30. The Morgan fingerprint density at radius 1 is 1.00 bits per heavy atom. The van der Waals surface area contributed by atoms with Crippen LogP contribution in [0.5, 0.6) is 0 Å². The molecule has 100 valence electrons. The van der Waals surface area contributed by atoms with E-state index in [0.29, 0.717) is 23.8 Å². The second-order valence-electron chi connectivity index (χ2n) is 4.25. The Hall–Kier alpha value is -1.42. The number of rotatable bonds is 5. The van der Waals surface area contributed by atoms with Gasteiger partial charge in [-0.25, -0.2) is 4.39 Å². The SMILES string of the molecule is NCc1cc(COCc2ccc(Cl)cc2)ccc1F. The highest BCUT2D eigenvalue weighted by Crippen LogP contribution is 2.13. The van der Waals surface area contributed by atoms with Crippen molar-refractivity contribution >= 4 is 11.6 Å². The summed E-state index contributed by atoms with van der Waals surface area (Å²) in [6.07, 6.45) is 0. The third-order valence-corrected chi connectivity index (χ3v) is 3.03. The second kappa shape index (κ2) is 6.66. The minimum absolute atomic E-state index is 0.191. The molecular weight excluding hydrogens is 265 g/mol. The van der Waals surface area contributed by atoms with Crippen LogP contribution in [0.1, 0.15) is 16.7 Å². The van der Waals surface area contributed by atoms with Crippen molar-refractivity contribution in [3.63, 3.8) is 0 Å². The highest BCUT2D eigenvalue weighted by atomic mass is 35.5. The average Bonchev–Trinajstić information content (AvgIpc) is 2.43. The summed E-state index contributed by atoms with van der Waals surface area (Å²) in [6, 6.07) is 12.3. The molecule has 19 heavy (non-hydrogen) atoms. The van der Waals surface area contributed by atoms with Crippen molar-refractivity contribution in [3.8, 4) is 0 Å². The number of benzene rings is 2. The van der Waals surface area contributed by atoms with Crippen molar-refractivity contribution in [2.75, 3.05) is 0 Å². The van der Waals surface area contributed by atoms with Crippen molar-refractivity contribution < 1.29 is 9.13 Å². The van der Waals surface area contributed by atoms with Crippen LogP contribution in [0, 0.1) is 5.82 Å². The number of hydrogen-bond donors (Lipinski definition) is 1. The normalized spacial score (nSPS) is 10.7. The second-order valence-corrected chi connectivity index (χ2v) is 4.69. The summed E-state index contributed by atoms with van der Waals surface area (Å²) in [4.78, 5) is 0. The zero-order valence-electron chi connectivity index (χ0n) is 10.4. The van der Waals surface area contributed by atoms with E-state index in [9.17, 15) is 4.39 Å². The molecule has 0 saturated carbocycles. The number of nitrogens with two attached hydrogens (primary N) is 1. The van der Waals surface area contributed by atoms with Gasteiger partial charge in [-0.1, -0.05) is 29.8 Å². The van der Waals surface area contributed by atoms with Gasteiger partial charge in [0.2, 0.25) is 0 Å². The summed E-state index contributed by atoms with van der Waals surface area (Å²) in [5.41, 5.74) is 7.93. The van der Waals surface area contributed by atoms with Gasteiger partial charge in [-0.05, 0) is 35.4 Å². The molecule has 4 heteroatoms. The van der Waals surface area contributed by atoms with Crippen molar-refractivity contribution in [3.05, 3.63) is 70.0 Å². The third kappa shape index (κ3) is 4.03. The van der Waals surface area contributed by atoms with Crippen LogP contribution in [0.2, 0.25) is 5.02 Å². The van der Waals surface area contributed by atoms with Crippen LogP contribution in [0.4, 0.5) is 4.39 Å². The van der Waals surface area contributed by atoms with Gasteiger partial charge in [0.05, 0.1) is 13.2 Å². The van der Waals surface area contributed by atoms with Crippen LogP contribution in [0.3, 0.4) is 0 Å². The van der Waals surface area contributed by atoms with Crippen LogP contribution < -0.4 is 5.73 Å². The first-order valence-corrected chi connectivity index (χ1v) is 6.36. The molecule has 0 aliphatic carbocycles. The first-order valence-electron chi connectivity index (χ1n) is 5.98. The Bertz CT molecular complexity index is 542. The molecule has 0 aliphatic heterocycles. The lowest BCUT2D eigenvalue weighted by atomic mass is 10.1. The minimum atomic E-state index is -0.274. The minimum Gasteiger partial charge on any atom is -0.372 e. The van der Waals surface area contributed by atoms with E-state index in [-0.39, 0.29) is 12.4 Å². The van der Waals surface area contributed by atoms with E-state index in [1.165, 1.54) is 6.07 Å². The molecule has 0 atom stereocenters. The Kier molecular flexibility index (Phi) is 4.91. The Labute approximate surface area is 117 Å². The van der Waals surface area contributed by atoms with E-state index in [0.717, 1.165) is 11.1 Å². The van der Waals surface area contributed by atoms with Crippen molar-refractivity contribution in [2.45, 2.75) is 19.8 Å². The van der Waals surface area contributed by atoms with Gasteiger partial charge in [-0.3, -0.25) is 0 Å². The van der Waals surface area contributed by atoms with Crippen LogP contribution in [0.15, 0.2) is 42.5 Å². The largest absolute Gasteiger partial charge is 0.372 e. The maximum absolute atomic E-state index is 13.3. The monoisotopic (exact) mass is 279 g/mol. The molecule has 2 rings (SSSR count). The number of hydrogen-bond acceptors (Lipinski definition) is 2. The first kappa shape index (κ1) is 14.0. The van der Waals surface area contributed by atoms with E-state index in [2.05, 4.69) is 0 Å². The zero-order chi connectivity index (χ0) is 13.7. The lowest BCUT2D eigenvalue weighted by Crippen LogP contribution is -2.02. The van der Waals surface area contributed by atoms with Crippen molar-refractivity contribution in [1.29, 1.82) is 0 Å². The predicted molar refractivity (Wildman–Crippen MR) is 74.2 cm³/mol. The topological polar surface area (TPSA) is 35.2 Å². The van der Waals surface area contributed by atoms with Gasteiger partial charge < -0.3 is 10.5 Å². The van der Waals surface area contributed by atoms with Gasteiger partial charge >= 0.3 is 0 Å². The lowest BCUT2D eigenvalue weighted by Gasteiger charge is -2.07. The van der Waals surface area contributed by atoms with Gasteiger partial charge in [0.15, 0.2) is 0 Å². The van der Waals surface area contributed by atoms with Gasteiger partial charge in [0, 0.05) is 17.1 Å². The fourth-order valence-corrected chi connectivity index (χ4v) is 1.87. The summed E-state index contributed by atoms with van der Waals surface area (Å²) < 4.78 is 18.8. The standard InChI is InChI=1S/C15H15ClFNO/c16-14-4-1-11(2-5-14)9-19-10-12-3-6-15(17)13(7-12)8-18/h1-7H,8-10,18H2. The first-order chi connectivity index (χ1) is 9.19. The van der Waals surface area contributed by atoms with E-state index < -0.39 is 0 Å². The molecular formula is C15H15ClFNO. The van der Waals surface area contributed by atoms with Gasteiger partial charge in [-0.15, -0.1) is 0 Å². The molecule has 0 aliphatic rings. The summed E-state index contributed by atoms with van der Waals surface area (Å²) in [5.74, 6) is -0.274. The molecule has 0 aromatic heterocycles. The fraction of sp³-hybridized carbons (Fsp3) is 0.200. The molecule has 2 nitrogen and oxygen atoms in total. The highest BCUT2D eigenvalue weighted by Gasteiger charge is 2.02. The van der Waals surface area contributed by atoms with Crippen molar-refractivity contribution in [2.24, 2.45) is 5.73 Å². The molecule has 0 bridgehead atoms. The van der Waals surface area contributed by atoms with E-state index in [1.807, 2.05) is 24.3 Å². The molecule has 0 heterocycles. The van der Waals surface area contributed by atoms with Crippen molar-refractivity contribution in [1.82, 2.24) is 0 Å². The van der Waals surface area contributed by atoms with E-state index in [1.54, 1.807) is 12.1 Å². The lowest BCUT2D eigenvalue weighted by molar-refractivity contribution is 0.107. The molecule has 0 spiro atoms. The Morgan fingerprint density at radius 2 is 1.63 bits per heavy atom. The molecule has 0 unspecified atom stereocenters. The van der Waals surface area contributed by atoms with Gasteiger partial charge in [0.25, 0.3) is 0 Å². The molecule has 2 aromatic carbocycles. The van der Waals surface area contributed by atoms with Crippen LogP contribution in [-0.4, -0.2) is 0 Å². The summed E-state index contributed by atoms with van der Waals surface area (Å²) >= 11 is 5.80. The number of halogens is 2. The maximum Gasteiger partial charge on any atom is 0.127 e. The van der Waals surface area contributed by atoms with E-state index >= 15 is 0 Å². The van der Waals surface area contributed by atoms with Gasteiger partial charge in [0.1, 0.15) is 5.82 Å². The maximum atomic E-state index is 13.3. The summed E-state index contributed by atoms with van der Waals surface area (Å²) in [7, 11) is 0. The number of ether oxygens (including phenoxy) is 1. The Morgan fingerprint density at radius 3 is 2.32 bits per heavy atom.